The van der Waals surface area contributed by atoms with Crippen molar-refractivity contribution in [3.8, 4) is 11.5 Å². The Kier molecular flexibility index (Phi) is 6.48. The summed E-state index contributed by atoms with van der Waals surface area (Å²) in [6, 6.07) is 7.16. The third-order valence-corrected chi connectivity index (χ3v) is 3.59. The average Bonchev–Trinajstić information content (AvgIpc) is 2.58. The molecule has 0 unspecified atom stereocenters. The summed E-state index contributed by atoms with van der Waals surface area (Å²) in [6.07, 6.45) is 0.722. The lowest BCUT2D eigenvalue weighted by Gasteiger charge is -2.22. The summed E-state index contributed by atoms with van der Waals surface area (Å²) in [5, 5.41) is 12.7. The van der Waals surface area contributed by atoms with Crippen molar-refractivity contribution in [2.24, 2.45) is 5.92 Å². The van der Waals surface area contributed by atoms with E-state index in [0.717, 1.165) is 12.8 Å². The molecule has 2 rings (SSSR count). The standard InChI is InChI=1S/C16H23NO5/c1-20-14-3-2-4-15(9-14)22-11-13(18)10-17-16(19)12-5-7-21-8-6-12/h2-4,9,12-13,18H,5-8,10-11H2,1H3,(H,17,19)/t13-/m0/s1. The van der Waals surface area contributed by atoms with Crippen molar-refractivity contribution in [2.75, 3.05) is 33.5 Å². The molecule has 1 aromatic rings. The van der Waals surface area contributed by atoms with Crippen LogP contribution in [0.4, 0.5) is 0 Å². The molecule has 2 N–H and O–H groups in total. The first-order valence-corrected chi connectivity index (χ1v) is 7.49. The van der Waals surface area contributed by atoms with Gasteiger partial charge in [0.25, 0.3) is 0 Å². The van der Waals surface area contributed by atoms with E-state index < -0.39 is 6.10 Å². The van der Waals surface area contributed by atoms with E-state index in [1.54, 1.807) is 19.2 Å². The number of benzene rings is 1. The number of rotatable bonds is 7. The van der Waals surface area contributed by atoms with Crippen molar-refractivity contribution in [3.05, 3.63) is 24.3 Å². The molecular weight excluding hydrogens is 286 g/mol. The molecule has 0 radical (unpaired) electrons. The third-order valence-electron chi connectivity index (χ3n) is 3.59. The van der Waals surface area contributed by atoms with E-state index >= 15 is 0 Å². The van der Waals surface area contributed by atoms with Crippen molar-refractivity contribution < 1.29 is 24.1 Å². The number of hydrogen-bond donors (Lipinski definition) is 2. The molecule has 22 heavy (non-hydrogen) atoms. The molecule has 1 aromatic carbocycles. The molecule has 1 fully saturated rings. The maximum Gasteiger partial charge on any atom is 0.223 e. The van der Waals surface area contributed by atoms with Gasteiger partial charge in [-0.25, -0.2) is 0 Å². The van der Waals surface area contributed by atoms with Crippen LogP contribution in [0.1, 0.15) is 12.8 Å². The normalized spacial score (nSPS) is 16.8. The Morgan fingerprint density at radius 2 is 2.14 bits per heavy atom. The molecule has 1 aliphatic heterocycles. The number of hydrogen-bond acceptors (Lipinski definition) is 5. The van der Waals surface area contributed by atoms with Crippen molar-refractivity contribution in [3.63, 3.8) is 0 Å². The Morgan fingerprint density at radius 3 is 2.86 bits per heavy atom. The molecule has 0 aromatic heterocycles. The highest BCUT2D eigenvalue weighted by molar-refractivity contribution is 5.78. The number of nitrogens with one attached hydrogen (secondary N) is 1. The van der Waals surface area contributed by atoms with E-state index in [1.165, 1.54) is 0 Å². The molecule has 6 heteroatoms. The number of aliphatic hydroxyl groups is 1. The molecule has 6 nitrogen and oxygen atoms in total. The van der Waals surface area contributed by atoms with E-state index in [4.69, 9.17) is 14.2 Å². The van der Waals surface area contributed by atoms with E-state index in [-0.39, 0.29) is 25.0 Å². The van der Waals surface area contributed by atoms with Gasteiger partial charge in [-0.3, -0.25) is 4.79 Å². The van der Waals surface area contributed by atoms with E-state index in [9.17, 15) is 9.90 Å². The van der Waals surface area contributed by atoms with Crippen LogP contribution < -0.4 is 14.8 Å². The molecule has 0 spiro atoms. The Balaban J connectivity index is 1.68. The topological polar surface area (TPSA) is 77.0 Å². The first-order valence-electron chi connectivity index (χ1n) is 7.49. The van der Waals surface area contributed by atoms with Crippen molar-refractivity contribution in [1.29, 1.82) is 0 Å². The van der Waals surface area contributed by atoms with Crippen molar-refractivity contribution >= 4 is 5.91 Å². The summed E-state index contributed by atoms with van der Waals surface area (Å²) >= 11 is 0. The fourth-order valence-electron chi connectivity index (χ4n) is 2.26. The van der Waals surface area contributed by atoms with Crippen molar-refractivity contribution in [1.82, 2.24) is 5.32 Å². The highest BCUT2D eigenvalue weighted by atomic mass is 16.5. The van der Waals surface area contributed by atoms with Crippen LogP contribution in [0.15, 0.2) is 24.3 Å². The second kappa shape index (κ2) is 8.60. The highest BCUT2D eigenvalue weighted by Crippen LogP contribution is 2.19. The van der Waals surface area contributed by atoms with Gasteiger partial charge in [0.2, 0.25) is 5.91 Å². The highest BCUT2D eigenvalue weighted by Gasteiger charge is 2.21. The van der Waals surface area contributed by atoms with Crippen LogP contribution in [0.3, 0.4) is 0 Å². The Morgan fingerprint density at radius 1 is 1.41 bits per heavy atom. The SMILES string of the molecule is COc1cccc(OC[C@@H](O)CNC(=O)C2CCOCC2)c1. The molecule has 0 aliphatic carbocycles. The average molecular weight is 309 g/mol. The van der Waals surface area contributed by atoms with Gasteiger partial charge in [0, 0.05) is 31.7 Å². The molecular formula is C16H23NO5. The molecule has 1 heterocycles. The van der Waals surface area contributed by atoms with Crippen LogP contribution in [-0.4, -0.2) is 50.6 Å². The van der Waals surface area contributed by atoms with Gasteiger partial charge in [0.1, 0.15) is 24.2 Å². The first-order chi connectivity index (χ1) is 10.7. The fourth-order valence-corrected chi connectivity index (χ4v) is 2.26. The Labute approximate surface area is 130 Å². The molecule has 0 bridgehead atoms. The largest absolute Gasteiger partial charge is 0.497 e. The zero-order chi connectivity index (χ0) is 15.8. The van der Waals surface area contributed by atoms with Crippen molar-refractivity contribution in [2.45, 2.75) is 18.9 Å². The molecule has 0 saturated carbocycles. The van der Waals surface area contributed by atoms with Gasteiger partial charge in [-0.1, -0.05) is 6.07 Å². The van der Waals surface area contributed by atoms with Crippen LogP contribution in [0.25, 0.3) is 0 Å². The number of carbonyl (C=O) groups excluding carboxylic acids is 1. The smallest absolute Gasteiger partial charge is 0.223 e. The number of aliphatic hydroxyl groups excluding tert-OH is 1. The number of carbonyl (C=O) groups is 1. The molecule has 1 saturated heterocycles. The van der Waals surface area contributed by atoms with Gasteiger partial charge in [0.05, 0.1) is 7.11 Å². The summed E-state index contributed by atoms with van der Waals surface area (Å²) in [6.45, 7) is 1.54. The van der Waals surface area contributed by atoms with Gasteiger partial charge in [0.15, 0.2) is 0 Å². The number of amides is 1. The van der Waals surface area contributed by atoms with E-state index in [2.05, 4.69) is 5.32 Å². The predicted octanol–water partition coefficient (Wildman–Crippen LogP) is 0.978. The quantitative estimate of drug-likeness (QED) is 0.785. The van der Waals surface area contributed by atoms with Crippen LogP contribution >= 0.6 is 0 Å². The zero-order valence-corrected chi connectivity index (χ0v) is 12.8. The van der Waals surface area contributed by atoms with Gasteiger partial charge in [-0.2, -0.15) is 0 Å². The minimum atomic E-state index is -0.755. The van der Waals surface area contributed by atoms with Crippen LogP contribution in [0.5, 0.6) is 11.5 Å². The minimum Gasteiger partial charge on any atom is -0.497 e. The second-order valence-electron chi connectivity index (χ2n) is 5.28. The molecule has 122 valence electrons. The summed E-state index contributed by atoms with van der Waals surface area (Å²) in [5.41, 5.74) is 0. The molecule has 1 amide bonds. The molecule has 1 aliphatic rings. The fraction of sp³-hybridized carbons (Fsp3) is 0.562. The van der Waals surface area contributed by atoms with Gasteiger partial charge in [-0.05, 0) is 25.0 Å². The van der Waals surface area contributed by atoms with Crippen LogP contribution in [0.2, 0.25) is 0 Å². The van der Waals surface area contributed by atoms with Gasteiger partial charge in [-0.15, -0.1) is 0 Å². The summed E-state index contributed by atoms with van der Waals surface area (Å²) < 4.78 is 15.8. The summed E-state index contributed by atoms with van der Waals surface area (Å²) in [5.74, 6) is 1.28. The Bertz CT molecular complexity index is 473. The second-order valence-corrected chi connectivity index (χ2v) is 5.28. The number of methoxy groups -OCH3 is 1. The number of ether oxygens (including phenoxy) is 3. The lowest BCUT2D eigenvalue weighted by Crippen LogP contribution is -2.40. The zero-order valence-electron chi connectivity index (χ0n) is 12.8. The Hall–Kier alpha value is -1.79. The maximum atomic E-state index is 11.9. The van der Waals surface area contributed by atoms with Crippen LogP contribution in [0, 0.1) is 5.92 Å². The monoisotopic (exact) mass is 309 g/mol. The lowest BCUT2D eigenvalue weighted by molar-refractivity contribution is -0.128. The van der Waals surface area contributed by atoms with Gasteiger partial charge >= 0.3 is 0 Å². The summed E-state index contributed by atoms with van der Waals surface area (Å²) in [4.78, 5) is 11.9. The molecule has 1 atom stereocenters. The summed E-state index contributed by atoms with van der Waals surface area (Å²) in [7, 11) is 1.58. The predicted molar refractivity (Wildman–Crippen MR) is 81.0 cm³/mol. The van der Waals surface area contributed by atoms with Gasteiger partial charge < -0.3 is 24.6 Å². The van der Waals surface area contributed by atoms with Crippen LogP contribution in [-0.2, 0) is 9.53 Å². The first kappa shape index (κ1) is 16.6. The maximum absolute atomic E-state index is 11.9. The van der Waals surface area contributed by atoms with E-state index in [0.29, 0.717) is 24.7 Å². The third kappa shape index (κ3) is 5.20. The lowest BCUT2D eigenvalue weighted by atomic mass is 9.99. The minimum absolute atomic E-state index is 0.0137. The van der Waals surface area contributed by atoms with E-state index in [1.807, 2.05) is 12.1 Å².